The van der Waals surface area contributed by atoms with Crippen LogP contribution in [0.1, 0.15) is 42.3 Å². The molecule has 0 fully saturated rings. The van der Waals surface area contributed by atoms with Crippen LogP contribution in [0.3, 0.4) is 0 Å². The maximum absolute atomic E-state index is 12.3. The Morgan fingerprint density at radius 3 is 2.08 bits per heavy atom. The van der Waals surface area contributed by atoms with E-state index >= 15 is 0 Å². The zero-order chi connectivity index (χ0) is 19.2. The highest BCUT2D eigenvalue weighted by atomic mass is 16.3. The number of benzene rings is 2. The lowest BCUT2D eigenvalue weighted by atomic mass is 10.1. The van der Waals surface area contributed by atoms with Crippen LogP contribution >= 0.6 is 0 Å². The van der Waals surface area contributed by atoms with Gasteiger partial charge < -0.3 is 15.7 Å². The van der Waals surface area contributed by atoms with Gasteiger partial charge >= 0.3 is 0 Å². The van der Waals surface area contributed by atoms with Crippen LogP contribution in [0.15, 0.2) is 48.5 Å². The summed E-state index contributed by atoms with van der Waals surface area (Å²) >= 11 is 0. The molecular weight excluding hydrogens is 328 g/mol. The van der Waals surface area contributed by atoms with Crippen molar-refractivity contribution in [3.8, 4) is 0 Å². The first-order valence-electron chi connectivity index (χ1n) is 8.74. The molecule has 2 amide bonds. The van der Waals surface area contributed by atoms with Crippen LogP contribution < -0.4 is 10.6 Å². The molecule has 0 unspecified atom stereocenters. The number of nitrogens with one attached hydrogen (secondary N) is 2. The fourth-order valence-electron chi connectivity index (χ4n) is 2.45. The van der Waals surface area contributed by atoms with E-state index in [0.717, 1.165) is 12.0 Å². The second-order valence-corrected chi connectivity index (χ2v) is 6.97. The third-order valence-corrected chi connectivity index (χ3v) is 4.07. The fourth-order valence-corrected chi connectivity index (χ4v) is 2.45. The lowest BCUT2D eigenvalue weighted by Crippen LogP contribution is -2.46. The predicted octanol–water partition coefficient (Wildman–Crippen LogP) is 2.93. The van der Waals surface area contributed by atoms with Crippen molar-refractivity contribution in [2.24, 2.45) is 0 Å². The Morgan fingerprint density at radius 1 is 0.962 bits per heavy atom. The number of hydrogen-bond donors (Lipinski definition) is 3. The third kappa shape index (κ3) is 5.70. The summed E-state index contributed by atoms with van der Waals surface area (Å²) < 4.78 is 0. The smallest absolute Gasteiger partial charge is 0.255 e. The molecule has 5 nitrogen and oxygen atoms in total. The number of anilines is 1. The lowest BCUT2D eigenvalue weighted by molar-refractivity contribution is -0.122. The number of aliphatic hydroxyl groups excluding tert-OH is 1. The highest BCUT2D eigenvalue weighted by molar-refractivity contribution is 6.04. The number of carbonyl (C=O) groups is 2. The second kappa shape index (κ2) is 8.63. The van der Waals surface area contributed by atoms with E-state index in [9.17, 15) is 14.7 Å². The minimum absolute atomic E-state index is 0.122. The molecule has 3 N–H and O–H groups in total. The number of carbonyl (C=O) groups excluding carboxylic acids is 2. The summed E-state index contributed by atoms with van der Waals surface area (Å²) in [6.07, 6.45) is 1.16. The average Bonchev–Trinajstić information content (AvgIpc) is 2.63. The van der Waals surface area contributed by atoms with E-state index in [1.54, 1.807) is 38.1 Å². The molecule has 0 heterocycles. The highest BCUT2D eigenvalue weighted by Gasteiger charge is 2.19. The lowest BCUT2D eigenvalue weighted by Gasteiger charge is -2.23. The molecule has 0 bridgehead atoms. The van der Waals surface area contributed by atoms with E-state index in [1.165, 1.54) is 5.56 Å². The zero-order valence-electron chi connectivity index (χ0n) is 15.5. The summed E-state index contributed by atoms with van der Waals surface area (Å²) in [7, 11) is 0. The topological polar surface area (TPSA) is 78.4 Å². The molecule has 0 aliphatic heterocycles. The number of rotatable bonds is 7. The Bertz CT molecular complexity index is 750. The molecule has 0 saturated carbocycles. The van der Waals surface area contributed by atoms with Crippen LogP contribution in [0.5, 0.6) is 0 Å². The van der Waals surface area contributed by atoms with Crippen molar-refractivity contribution in [3.05, 3.63) is 65.2 Å². The summed E-state index contributed by atoms with van der Waals surface area (Å²) in [5.74, 6) is -0.320. The van der Waals surface area contributed by atoms with Gasteiger partial charge in [-0.1, -0.05) is 31.2 Å². The molecular formula is C21H26N2O3. The van der Waals surface area contributed by atoms with Crippen molar-refractivity contribution < 1.29 is 14.7 Å². The van der Waals surface area contributed by atoms with Gasteiger partial charge in [-0.05, 0) is 55.7 Å². The standard InChI is InChI=1S/C21H26N2O3/c1-4-15-5-9-17(10-6-15)20(26)22-18-11-7-16(8-12-18)13-19(25)23-21(2,3)14-24/h5-12,24H,4,13-14H2,1-3H3,(H,22,26)(H,23,25). The summed E-state index contributed by atoms with van der Waals surface area (Å²) in [6.45, 7) is 5.47. The molecule has 0 aliphatic rings. The average molecular weight is 354 g/mol. The van der Waals surface area contributed by atoms with Crippen LogP contribution in [-0.2, 0) is 17.6 Å². The van der Waals surface area contributed by atoms with Gasteiger partial charge in [-0.25, -0.2) is 0 Å². The first kappa shape index (κ1) is 19.7. The third-order valence-electron chi connectivity index (χ3n) is 4.07. The predicted molar refractivity (Wildman–Crippen MR) is 103 cm³/mol. The Balaban J connectivity index is 1.94. The summed E-state index contributed by atoms with van der Waals surface area (Å²) in [5, 5.41) is 14.8. The van der Waals surface area contributed by atoms with Gasteiger partial charge in [-0.3, -0.25) is 9.59 Å². The number of aliphatic hydroxyl groups is 1. The van der Waals surface area contributed by atoms with E-state index in [0.29, 0.717) is 11.3 Å². The monoisotopic (exact) mass is 354 g/mol. The van der Waals surface area contributed by atoms with Crippen molar-refractivity contribution in [2.75, 3.05) is 11.9 Å². The molecule has 0 spiro atoms. The molecule has 2 aromatic rings. The van der Waals surface area contributed by atoms with Crippen LogP contribution in [-0.4, -0.2) is 29.1 Å². The van der Waals surface area contributed by atoms with E-state index in [-0.39, 0.29) is 24.8 Å². The maximum atomic E-state index is 12.3. The first-order chi connectivity index (χ1) is 12.3. The molecule has 0 aromatic heterocycles. The molecule has 138 valence electrons. The van der Waals surface area contributed by atoms with Gasteiger partial charge in [0.1, 0.15) is 0 Å². The minimum Gasteiger partial charge on any atom is -0.394 e. The summed E-state index contributed by atoms with van der Waals surface area (Å²) in [4.78, 5) is 24.3. The molecule has 26 heavy (non-hydrogen) atoms. The van der Waals surface area contributed by atoms with Crippen molar-refractivity contribution in [3.63, 3.8) is 0 Å². The van der Waals surface area contributed by atoms with Gasteiger partial charge in [-0.2, -0.15) is 0 Å². The van der Waals surface area contributed by atoms with Crippen LogP contribution in [0.2, 0.25) is 0 Å². The van der Waals surface area contributed by atoms with Gasteiger partial charge in [0.15, 0.2) is 0 Å². The Morgan fingerprint density at radius 2 is 1.54 bits per heavy atom. The van der Waals surface area contributed by atoms with Gasteiger partial charge in [0.25, 0.3) is 5.91 Å². The van der Waals surface area contributed by atoms with E-state index < -0.39 is 5.54 Å². The van der Waals surface area contributed by atoms with Crippen LogP contribution in [0.25, 0.3) is 0 Å². The number of aryl methyl sites for hydroxylation is 1. The van der Waals surface area contributed by atoms with E-state index in [1.807, 2.05) is 24.3 Å². The van der Waals surface area contributed by atoms with Crippen LogP contribution in [0, 0.1) is 0 Å². The number of amides is 2. The Labute approximate surface area is 154 Å². The van der Waals surface area contributed by atoms with Gasteiger partial charge in [0.2, 0.25) is 5.91 Å². The fraction of sp³-hybridized carbons (Fsp3) is 0.333. The molecule has 0 saturated heterocycles. The molecule has 2 aromatic carbocycles. The molecule has 0 radical (unpaired) electrons. The van der Waals surface area contributed by atoms with Gasteiger partial charge in [0.05, 0.1) is 18.6 Å². The van der Waals surface area contributed by atoms with Crippen molar-refractivity contribution in [2.45, 2.75) is 39.2 Å². The van der Waals surface area contributed by atoms with Crippen LogP contribution in [0.4, 0.5) is 5.69 Å². The second-order valence-electron chi connectivity index (χ2n) is 6.97. The largest absolute Gasteiger partial charge is 0.394 e. The highest BCUT2D eigenvalue weighted by Crippen LogP contribution is 2.13. The van der Waals surface area contributed by atoms with E-state index in [4.69, 9.17) is 0 Å². The van der Waals surface area contributed by atoms with Crippen molar-refractivity contribution in [1.29, 1.82) is 0 Å². The van der Waals surface area contributed by atoms with Gasteiger partial charge in [-0.15, -0.1) is 0 Å². The normalized spacial score (nSPS) is 11.1. The molecule has 0 aliphatic carbocycles. The molecule has 5 heteroatoms. The Kier molecular flexibility index (Phi) is 6.52. The quantitative estimate of drug-likeness (QED) is 0.715. The minimum atomic E-state index is -0.641. The SMILES string of the molecule is CCc1ccc(C(=O)Nc2ccc(CC(=O)NC(C)(C)CO)cc2)cc1. The summed E-state index contributed by atoms with van der Waals surface area (Å²) in [6, 6.07) is 14.7. The first-order valence-corrected chi connectivity index (χ1v) is 8.74. The molecule has 0 atom stereocenters. The number of hydrogen-bond acceptors (Lipinski definition) is 3. The maximum Gasteiger partial charge on any atom is 0.255 e. The van der Waals surface area contributed by atoms with Crippen molar-refractivity contribution in [1.82, 2.24) is 5.32 Å². The Hall–Kier alpha value is -2.66. The van der Waals surface area contributed by atoms with Gasteiger partial charge in [0, 0.05) is 11.3 Å². The van der Waals surface area contributed by atoms with E-state index in [2.05, 4.69) is 17.6 Å². The molecule has 2 rings (SSSR count). The zero-order valence-corrected chi connectivity index (χ0v) is 15.5. The summed E-state index contributed by atoms with van der Waals surface area (Å²) in [5.41, 5.74) is 2.67. The van der Waals surface area contributed by atoms with Crippen molar-refractivity contribution >= 4 is 17.5 Å².